The number of aryl methyl sites for hydroxylation is 1. The average Bonchev–Trinajstić information content (AvgIpc) is 3.15. The van der Waals surface area contributed by atoms with Gasteiger partial charge in [0.1, 0.15) is 0 Å². The number of rotatable bonds is 6. The van der Waals surface area contributed by atoms with E-state index in [1.165, 1.54) is 11.4 Å². The van der Waals surface area contributed by atoms with Gasteiger partial charge in [-0.05, 0) is 44.2 Å². The van der Waals surface area contributed by atoms with Crippen LogP contribution in [0.3, 0.4) is 0 Å². The predicted molar refractivity (Wildman–Crippen MR) is 115 cm³/mol. The standard InChI is InChI=1S/C23H29N3O2S/c1-16-5-2-3-8-20(16)23(28)26-13-10-18(11-14-26)22-25-19(15-29-22)9-12-24-21(27)17-6-4-7-17/h2-3,5,8,15,17-18H,4,6-7,9-14H2,1H3,(H,24,27). The second-order valence-corrected chi connectivity index (χ2v) is 9.12. The Morgan fingerprint density at radius 2 is 1.93 bits per heavy atom. The minimum absolute atomic E-state index is 0.142. The van der Waals surface area contributed by atoms with Gasteiger partial charge in [0.25, 0.3) is 5.91 Å². The number of piperidine rings is 1. The first-order valence-corrected chi connectivity index (χ1v) is 11.6. The fourth-order valence-corrected chi connectivity index (χ4v) is 5.09. The van der Waals surface area contributed by atoms with Crippen molar-refractivity contribution in [1.29, 1.82) is 0 Å². The van der Waals surface area contributed by atoms with E-state index >= 15 is 0 Å². The molecular weight excluding hydrogens is 382 g/mol. The molecule has 2 amide bonds. The molecule has 1 saturated carbocycles. The smallest absolute Gasteiger partial charge is 0.254 e. The normalized spacial score (nSPS) is 17.8. The van der Waals surface area contributed by atoms with Crippen LogP contribution in [0.25, 0.3) is 0 Å². The van der Waals surface area contributed by atoms with Crippen molar-refractivity contribution in [2.24, 2.45) is 5.92 Å². The van der Waals surface area contributed by atoms with Crippen LogP contribution in [0.5, 0.6) is 0 Å². The number of aromatic nitrogens is 1. The molecule has 1 aromatic carbocycles. The Kier molecular flexibility index (Phi) is 6.28. The maximum atomic E-state index is 12.8. The number of hydrogen-bond acceptors (Lipinski definition) is 4. The van der Waals surface area contributed by atoms with Gasteiger partial charge < -0.3 is 10.2 Å². The van der Waals surface area contributed by atoms with Crippen LogP contribution in [0, 0.1) is 12.8 Å². The van der Waals surface area contributed by atoms with E-state index in [0.29, 0.717) is 12.5 Å². The Morgan fingerprint density at radius 3 is 2.62 bits per heavy atom. The van der Waals surface area contributed by atoms with E-state index < -0.39 is 0 Å². The summed E-state index contributed by atoms with van der Waals surface area (Å²) in [6.07, 6.45) is 5.98. The van der Waals surface area contributed by atoms with Gasteiger partial charge in [-0.25, -0.2) is 4.98 Å². The minimum Gasteiger partial charge on any atom is -0.355 e. The van der Waals surface area contributed by atoms with Gasteiger partial charge in [-0.1, -0.05) is 24.6 Å². The molecule has 1 aliphatic heterocycles. The van der Waals surface area contributed by atoms with Crippen LogP contribution in [0.1, 0.15) is 64.6 Å². The number of benzene rings is 1. The molecule has 0 spiro atoms. The summed E-state index contributed by atoms with van der Waals surface area (Å²) in [6, 6.07) is 7.81. The molecule has 6 heteroatoms. The fraction of sp³-hybridized carbons (Fsp3) is 0.522. The van der Waals surface area contributed by atoms with Crippen LogP contribution in [0.2, 0.25) is 0 Å². The highest BCUT2D eigenvalue weighted by atomic mass is 32.1. The van der Waals surface area contributed by atoms with Gasteiger partial charge in [-0.3, -0.25) is 9.59 Å². The molecular formula is C23H29N3O2S. The number of hydrogen-bond donors (Lipinski definition) is 1. The number of amides is 2. The van der Waals surface area contributed by atoms with Crippen molar-refractivity contribution < 1.29 is 9.59 Å². The van der Waals surface area contributed by atoms with Crippen LogP contribution >= 0.6 is 11.3 Å². The maximum Gasteiger partial charge on any atom is 0.254 e. The van der Waals surface area contributed by atoms with E-state index in [1.54, 1.807) is 11.3 Å². The highest BCUT2D eigenvalue weighted by Crippen LogP contribution is 2.31. The summed E-state index contributed by atoms with van der Waals surface area (Å²) in [5, 5.41) is 6.34. The summed E-state index contributed by atoms with van der Waals surface area (Å²) in [5.74, 6) is 1.02. The molecule has 0 radical (unpaired) electrons. The number of nitrogens with zero attached hydrogens (tertiary/aromatic N) is 2. The van der Waals surface area contributed by atoms with Crippen LogP contribution in [-0.4, -0.2) is 41.3 Å². The molecule has 0 atom stereocenters. The molecule has 2 aromatic rings. The molecule has 0 unspecified atom stereocenters. The Bertz CT molecular complexity index is 867. The van der Waals surface area contributed by atoms with Gasteiger partial charge in [0, 0.05) is 48.8 Å². The van der Waals surface area contributed by atoms with Crippen molar-refractivity contribution in [2.45, 2.75) is 51.4 Å². The molecule has 1 aliphatic carbocycles. The monoisotopic (exact) mass is 411 g/mol. The van der Waals surface area contributed by atoms with Crippen molar-refractivity contribution in [3.05, 3.63) is 51.5 Å². The van der Waals surface area contributed by atoms with E-state index in [1.807, 2.05) is 36.1 Å². The quantitative estimate of drug-likeness (QED) is 0.783. The first-order valence-electron chi connectivity index (χ1n) is 10.7. The number of thiazole rings is 1. The molecule has 2 aliphatic rings. The average molecular weight is 412 g/mol. The fourth-order valence-electron chi connectivity index (χ4n) is 4.07. The van der Waals surface area contributed by atoms with E-state index in [0.717, 1.165) is 62.0 Å². The van der Waals surface area contributed by atoms with E-state index in [2.05, 4.69) is 10.7 Å². The van der Waals surface area contributed by atoms with Crippen molar-refractivity contribution >= 4 is 23.2 Å². The van der Waals surface area contributed by atoms with Gasteiger partial charge in [-0.2, -0.15) is 0 Å². The second-order valence-electron chi connectivity index (χ2n) is 8.23. The van der Waals surface area contributed by atoms with Gasteiger partial charge in [0.05, 0.1) is 10.7 Å². The van der Waals surface area contributed by atoms with Gasteiger partial charge >= 0.3 is 0 Å². The molecule has 2 fully saturated rings. The SMILES string of the molecule is Cc1ccccc1C(=O)N1CCC(c2nc(CCNC(=O)C3CCC3)cs2)CC1. The zero-order valence-corrected chi connectivity index (χ0v) is 17.8. The molecule has 29 heavy (non-hydrogen) atoms. The summed E-state index contributed by atoms with van der Waals surface area (Å²) in [4.78, 5) is 31.5. The van der Waals surface area contributed by atoms with E-state index in [4.69, 9.17) is 4.98 Å². The number of nitrogens with one attached hydrogen (secondary N) is 1. The van der Waals surface area contributed by atoms with Crippen molar-refractivity contribution in [2.75, 3.05) is 19.6 Å². The maximum absolute atomic E-state index is 12.8. The topological polar surface area (TPSA) is 62.3 Å². The molecule has 1 saturated heterocycles. The first kappa shape index (κ1) is 20.1. The predicted octanol–water partition coefficient (Wildman–Crippen LogP) is 3.93. The zero-order valence-electron chi connectivity index (χ0n) is 17.0. The lowest BCUT2D eigenvalue weighted by atomic mass is 9.85. The van der Waals surface area contributed by atoms with E-state index in [9.17, 15) is 9.59 Å². The highest BCUT2D eigenvalue weighted by molar-refractivity contribution is 7.09. The van der Waals surface area contributed by atoms with Crippen LogP contribution in [0.4, 0.5) is 0 Å². The largest absolute Gasteiger partial charge is 0.355 e. The zero-order chi connectivity index (χ0) is 20.2. The summed E-state index contributed by atoms with van der Waals surface area (Å²) in [7, 11) is 0. The van der Waals surface area contributed by atoms with Gasteiger partial charge in [-0.15, -0.1) is 11.3 Å². The molecule has 1 aromatic heterocycles. The Labute approximate surface area is 176 Å². The Balaban J connectivity index is 1.25. The van der Waals surface area contributed by atoms with Crippen LogP contribution in [-0.2, 0) is 11.2 Å². The number of carbonyl (C=O) groups excluding carboxylic acids is 2. The summed E-state index contributed by atoms with van der Waals surface area (Å²) in [5.41, 5.74) is 2.91. The minimum atomic E-state index is 0.142. The second kappa shape index (κ2) is 9.08. The molecule has 2 heterocycles. The summed E-state index contributed by atoms with van der Waals surface area (Å²) < 4.78 is 0. The molecule has 0 bridgehead atoms. The lowest BCUT2D eigenvalue weighted by Gasteiger charge is -2.31. The van der Waals surface area contributed by atoms with Crippen molar-refractivity contribution in [3.8, 4) is 0 Å². The van der Waals surface area contributed by atoms with E-state index in [-0.39, 0.29) is 17.7 Å². The molecule has 4 rings (SSSR count). The van der Waals surface area contributed by atoms with Crippen molar-refractivity contribution in [1.82, 2.24) is 15.2 Å². The summed E-state index contributed by atoms with van der Waals surface area (Å²) >= 11 is 1.72. The summed E-state index contributed by atoms with van der Waals surface area (Å²) in [6.45, 7) is 4.22. The number of carbonyl (C=O) groups is 2. The van der Waals surface area contributed by atoms with Crippen LogP contribution < -0.4 is 5.32 Å². The number of likely N-dealkylation sites (tertiary alicyclic amines) is 1. The first-order chi connectivity index (χ1) is 14.1. The third-order valence-electron chi connectivity index (χ3n) is 6.23. The third-order valence-corrected chi connectivity index (χ3v) is 7.29. The van der Waals surface area contributed by atoms with Crippen molar-refractivity contribution in [3.63, 3.8) is 0 Å². The third kappa shape index (κ3) is 4.69. The molecule has 1 N–H and O–H groups in total. The molecule has 154 valence electrons. The Hall–Kier alpha value is -2.21. The van der Waals surface area contributed by atoms with Crippen LogP contribution in [0.15, 0.2) is 29.6 Å². The highest BCUT2D eigenvalue weighted by Gasteiger charge is 2.27. The van der Waals surface area contributed by atoms with Gasteiger partial charge in [0.2, 0.25) is 5.91 Å². The molecule has 5 nitrogen and oxygen atoms in total. The Morgan fingerprint density at radius 1 is 1.17 bits per heavy atom. The lowest BCUT2D eigenvalue weighted by molar-refractivity contribution is -0.127. The lowest BCUT2D eigenvalue weighted by Crippen LogP contribution is -2.38. The van der Waals surface area contributed by atoms with Gasteiger partial charge in [0.15, 0.2) is 0 Å².